The van der Waals surface area contributed by atoms with Crippen LogP contribution < -0.4 is 5.32 Å². The first-order valence-electron chi connectivity index (χ1n) is 6.33. The maximum absolute atomic E-state index is 12.2. The fourth-order valence-electron chi connectivity index (χ4n) is 2.14. The van der Waals surface area contributed by atoms with E-state index >= 15 is 0 Å². The van der Waals surface area contributed by atoms with Gasteiger partial charge in [-0.05, 0) is 25.5 Å². The normalized spacial score (nSPS) is 11.0. The largest absolute Gasteiger partial charge is 0.296 e. The molecule has 1 aromatic carbocycles. The number of hydrogen-bond acceptors (Lipinski definition) is 4. The second-order valence-electron chi connectivity index (χ2n) is 4.85. The Morgan fingerprint density at radius 1 is 1.33 bits per heavy atom. The lowest BCUT2D eigenvalue weighted by molar-refractivity contribution is 0.102. The molecule has 0 unspecified atom stereocenters. The Bertz CT molecular complexity index is 813. The first kappa shape index (κ1) is 14.0. The van der Waals surface area contributed by atoms with E-state index in [4.69, 9.17) is 11.6 Å². The van der Waals surface area contributed by atoms with Gasteiger partial charge >= 0.3 is 0 Å². The Morgan fingerprint density at radius 3 is 2.71 bits per heavy atom. The SMILES string of the molecule is Cc1cn(C)nc1C(=O)Nc1nc2c(C)ccc(Cl)c2s1. The van der Waals surface area contributed by atoms with Crippen molar-refractivity contribution in [3.63, 3.8) is 0 Å². The number of benzene rings is 1. The van der Waals surface area contributed by atoms with Crippen molar-refractivity contribution in [1.29, 1.82) is 0 Å². The zero-order valence-corrected chi connectivity index (χ0v) is 13.3. The van der Waals surface area contributed by atoms with Crippen LogP contribution in [0.3, 0.4) is 0 Å². The molecule has 2 heterocycles. The van der Waals surface area contributed by atoms with Crippen molar-refractivity contribution >= 4 is 44.2 Å². The molecule has 1 amide bonds. The van der Waals surface area contributed by atoms with Gasteiger partial charge in [0.25, 0.3) is 5.91 Å². The van der Waals surface area contributed by atoms with Crippen molar-refractivity contribution in [2.45, 2.75) is 13.8 Å². The van der Waals surface area contributed by atoms with E-state index in [2.05, 4.69) is 15.4 Å². The third-order valence-electron chi connectivity index (χ3n) is 3.14. The number of carbonyl (C=O) groups is 1. The fraction of sp³-hybridized carbons (Fsp3) is 0.214. The monoisotopic (exact) mass is 320 g/mol. The van der Waals surface area contributed by atoms with Crippen LogP contribution in [-0.4, -0.2) is 20.7 Å². The molecule has 0 aliphatic rings. The average molecular weight is 321 g/mol. The third kappa shape index (κ3) is 2.52. The molecule has 0 fully saturated rings. The molecule has 0 saturated heterocycles. The molecule has 0 radical (unpaired) electrons. The van der Waals surface area contributed by atoms with Gasteiger partial charge in [0.15, 0.2) is 10.8 Å². The predicted molar refractivity (Wildman–Crippen MR) is 85.3 cm³/mol. The van der Waals surface area contributed by atoms with Gasteiger partial charge in [-0.3, -0.25) is 14.8 Å². The van der Waals surface area contributed by atoms with Crippen LogP contribution in [0.15, 0.2) is 18.3 Å². The summed E-state index contributed by atoms with van der Waals surface area (Å²) in [6.45, 7) is 3.81. The fourth-order valence-corrected chi connectivity index (χ4v) is 3.35. The van der Waals surface area contributed by atoms with E-state index in [0.29, 0.717) is 15.8 Å². The lowest BCUT2D eigenvalue weighted by Crippen LogP contribution is -2.13. The number of carbonyl (C=O) groups excluding carboxylic acids is 1. The number of thiazole rings is 1. The summed E-state index contributed by atoms with van der Waals surface area (Å²) in [5, 5.41) is 8.11. The average Bonchev–Trinajstić information content (AvgIpc) is 2.98. The number of hydrogen-bond donors (Lipinski definition) is 1. The molecule has 0 atom stereocenters. The van der Waals surface area contributed by atoms with E-state index in [1.807, 2.05) is 26.0 Å². The number of halogens is 1. The van der Waals surface area contributed by atoms with Gasteiger partial charge in [0.2, 0.25) is 0 Å². The van der Waals surface area contributed by atoms with Crippen LogP contribution in [0, 0.1) is 13.8 Å². The molecule has 3 rings (SSSR count). The van der Waals surface area contributed by atoms with Crippen LogP contribution in [-0.2, 0) is 7.05 Å². The number of nitrogens with one attached hydrogen (secondary N) is 1. The highest BCUT2D eigenvalue weighted by Crippen LogP contribution is 2.33. The number of aromatic nitrogens is 3. The van der Waals surface area contributed by atoms with E-state index in [-0.39, 0.29) is 5.91 Å². The van der Waals surface area contributed by atoms with E-state index in [9.17, 15) is 4.79 Å². The minimum atomic E-state index is -0.263. The van der Waals surface area contributed by atoms with Gasteiger partial charge in [-0.15, -0.1) is 0 Å². The summed E-state index contributed by atoms with van der Waals surface area (Å²) in [6.07, 6.45) is 1.80. The van der Waals surface area contributed by atoms with E-state index in [1.165, 1.54) is 11.3 Å². The van der Waals surface area contributed by atoms with Crippen LogP contribution in [0.2, 0.25) is 5.02 Å². The van der Waals surface area contributed by atoms with Gasteiger partial charge < -0.3 is 0 Å². The van der Waals surface area contributed by atoms with Crippen molar-refractivity contribution < 1.29 is 4.79 Å². The van der Waals surface area contributed by atoms with E-state index in [0.717, 1.165) is 21.3 Å². The van der Waals surface area contributed by atoms with Crippen molar-refractivity contribution in [3.05, 3.63) is 40.2 Å². The summed E-state index contributed by atoms with van der Waals surface area (Å²) in [5.74, 6) is -0.263. The Kier molecular flexibility index (Phi) is 3.43. The molecule has 7 heteroatoms. The third-order valence-corrected chi connectivity index (χ3v) is 4.58. The second-order valence-corrected chi connectivity index (χ2v) is 6.26. The molecular formula is C14H13ClN4OS. The minimum absolute atomic E-state index is 0.263. The van der Waals surface area contributed by atoms with Gasteiger partial charge in [0, 0.05) is 18.8 Å². The zero-order valence-electron chi connectivity index (χ0n) is 11.8. The lowest BCUT2D eigenvalue weighted by Gasteiger charge is -1.98. The van der Waals surface area contributed by atoms with Crippen LogP contribution in [0.4, 0.5) is 5.13 Å². The summed E-state index contributed by atoms with van der Waals surface area (Å²) in [6, 6.07) is 3.75. The topological polar surface area (TPSA) is 59.8 Å². The molecule has 0 aliphatic carbocycles. The highest BCUT2D eigenvalue weighted by atomic mass is 35.5. The Labute approximate surface area is 130 Å². The van der Waals surface area contributed by atoms with Crippen LogP contribution >= 0.6 is 22.9 Å². The molecule has 0 saturated carbocycles. The molecule has 1 N–H and O–H groups in total. The number of amides is 1. The molecule has 0 spiro atoms. The standard InChI is InChI=1S/C14H13ClN4OS/c1-7-4-5-9(15)12-10(7)16-14(21-12)17-13(20)11-8(2)6-19(3)18-11/h4-6H,1-3H3,(H,16,17,20). The number of fused-ring (bicyclic) bond motifs is 1. The highest BCUT2D eigenvalue weighted by molar-refractivity contribution is 7.23. The molecule has 3 aromatic rings. The van der Waals surface area contributed by atoms with Crippen molar-refractivity contribution in [2.75, 3.05) is 5.32 Å². The van der Waals surface area contributed by atoms with Gasteiger partial charge in [-0.2, -0.15) is 5.10 Å². The molecule has 0 bridgehead atoms. The van der Waals surface area contributed by atoms with Gasteiger partial charge in [-0.25, -0.2) is 4.98 Å². The molecule has 2 aromatic heterocycles. The van der Waals surface area contributed by atoms with Gasteiger partial charge in [-0.1, -0.05) is 29.0 Å². The first-order valence-corrected chi connectivity index (χ1v) is 7.52. The first-order chi connectivity index (χ1) is 9.95. The second kappa shape index (κ2) is 5.13. The number of nitrogens with zero attached hydrogens (tertiary/aromatic N) is 3. The lowest BCUT2D eigenvalue weighted by atomic mass is 10.2. The van der Waals surface area contributed by atoms with E-state index in [1.54, 1.807) is 17.9 Å². The summed E-state index contributed by atoms with van der Waals surface area (Å²) >= 11 is 7.53. The number of rotatable bonds is 2. The zero-order chi connectivity index (χ0) is 15.1. The molecule has 108 valence electrons. The van der Waals surface area contributed by atoms with Gasteiger partial charge in [0.1, 0.15) is 0 Å². The number of anilines is 1. The summed E-state index contributed by atoms with van der Waals surface area (Å²) < 4.78 is 2.49. The quantitative estimate of drug-likeness (QED) is 0.785. The smallest absolute Gasteiger partial charge is 0.278 e. The van der Waals surface area contributed by atoms with E-state index < -0.39 is 0 Å². The van der Waals surface area contributed by atoms with Crippen LogP contribution in [0.5, 0.6) is 0 Å². The molecule has 5 nitrogen and oxygen atoms in total. The number of aryl methyl sites for hydroxylation is 3. The highest BCUT2D eigenvalue weighted by Gasteiger charge is 2.16. The van der Waals surface area contributed by atoms with Crippen molar-refractivity contribution in [1.82, 2.24) is 14.8 Å². The van der Waals surface area contributed by atoms with Crippen LogP contribution in [0.25, 0.3) is 10.2 Å². The van der Waals surface area contributed by atoms with Crippen molar-refractivity contribution in [3.8, 4) is 0 Å². The Morgan fingerprint density at radius 2 is 2.10 bits per heavy atom. The molecular weight excluding hydrogens is 308 g/mol. The molecule has 0 aliphatic heterocycles. The maximum atomic E-state index is 12.2. The summed E-state index contributed by atoms with van der Waals surface area (Å²) in [7, 11) is 1.78. The van der Waals surface area contributed by atoms with Gasteiger partial charge in [0.05, 0.1) is 15.2 Å². The minimum Gasteiger partial charge on any atom is -0.296 e. The Balaban J connectivity index is 1.95. The Hall–Kier alpha value is -1.92. The van der Waals surface area contributed by atoms with Crippen molar-refractivity contribution in [2.24, 2.45) is 7.05 Å². The van der Waals surface area contributed by atoms with Crippen LogP contribution in [0.1, 0.15) is 21.6 Å². The summed E-state index contributed by atoms with van der Waals surface area (Å²) in [4.78, 5) is 16.7. The maximum Gasteiger partial charge on any atom is 0.278 e. The summed E-state index contributed by atoms with van der Waals surface area (Å²) in [5.41, 5.74) is 3.07. The molecule has 21 heavy (non-hydrogen) atoms. The predicted octanol–water partition coefficient (Wildman–Crippen LogP) is 3.55.